The van der Waals surface area contributed by atoms with Crippen LogP contribution in [0.5, 0.6) is 0 Å². The summed E-state index contributed by atoms with van der Waals surface area (Å²) >= 11 is 3.07. The maximum atomic E-state index is 12.3. The Bertz CT molecular complexity index is 1130. The third-order valence-electron chi connectivity index (χ3n) is 3.93. The van der Waals surface area contributed by atoms with Crippen LogP contribution in [0.3, 0.4) is 0 Å². The lowest BCUT2D eigenvalue weighted by molar-refractivity contribution is 0.784. The third kappa shape index (κ3) is 2.40. The number of hydrogen-bond donors (Lipinski definition) is 1. The second kappa shape index (κ2) is 5.67. The van der Waals surface area contributed by atoms with Crippen molar-refractivity contribution >= 4 is 44.3 Å². The molecule has 24 heavy (non-hydrogen) atoms. The molecule has 4 heterocycles. The van der Waals surface area contributed by atoms with Gasteiger partial charge in [0.1, 0.15) is 22.0 Å². The second-order valence-electron chi connectivity index (χ2n) is 5.45. The number of aryl methyl sites for hydroxylation is 3. The Balaban J connectivity index is 1.68. The summed E-state index contributed by atoms with van der Waals surface area (Å²) in [5, 5.41) is 6.63. The number of fused-ring (bicyclic) bond motifs is 2. The largest absolute Gasteiger partial charge is 0.309 e. The van der Waals surface area contributed by atoms with Crippen molar-refractivity contribution in [3.05, 3.63) is 39.1 Å². The number of rotatable bonds is 3. The van der Waals surface area contributed by atoms with Gasteiger partial charge in [-0.15, -0.1) is 11.3 Å². The number of thioether (sulfide) groups is 1. The van der Waals surface area contributed by atoms with Crippen molar-refractivity contribution < 1.29 is 0 Å². The van der Waals surface area contributed by atoms with Crippen LogP contribution in [0.2, 0.25) is 0 Å². The molecule has 0 aliphatic heterocycles. The van der Waals surface area contributed by atoms with Gasteiger partial charge >= 0.3 is 0 Å². The summed E-state index contributed by atoms with van der Waals surface area (Å²) in [6.45, 7) is 3.97. The van der Waals surface area contributed by atoms with Crippen LogP contribution in [-0.4, -0.2) is 29.7 Å². The Morgan fingerprint density at radius 3 is 3.00 bits per heavy atom. The van der Waals surface area contributed by atoms with E-state index in [9.17, 15) is 4.79 Å². The van der Waals surface area contributed by atoms with E-state index in [0.717, 1.165) is 31.3 Å². The predicted octanol–water partition coefficient (Wildman–Crippen LogP) is 2.57. The van der Waals surface area contributed by atoms with E-state index in [0.29, 0.717) is 17.0 Å². The number of hydrogen-bond acceptors (Lipinski definition) is 7. The molecule has 0 aliphatic carbocycles. The quantitative estimate of drug-likeness (QED) is 0.447. The molecular formula is C15H14N6OS2. The number of aromatic amines is 1. The van der Waals surface area contributed by atoms with Crippen LogP contribution in [0.25, 0.3) is 21.3 Å². The maximum absolute atomic E-state index is 12.3. The van der Waals surface area contributed by atoms with Crippen LogP contribution in [0, 0.1) is 13.8 Å². The van der Waals surface area contributed by atoms with Gasteiger partial charge < -0.3 is 4.98 Å². The average Bonchev–Trinajstić information content (AvgIpc) is 3.07. The van der Waals surface area contributed by atoms with E-state index in [1.807, 2.05) is 20.9 Å². The van der Waals surface area contributed by atoms with E-state index < -0.39 is 0 Å². The maximum Gasteiger partial charge on any atom is 0.259 e. The SMILES string of the molecule is Cc1sc2nc(CSc3ncnc4c3cnn4C)[nH]c(=O)c2c1C. The van der Waals surface area contributed by atoms with Crippen molar-refractivity contribution in [2.24, 2.45) is 7.05 Å². The van der Waals surface area contributed by atoms with E-state index in [4.69, 9.17) is 0 Å². The third-order valence-corrected chi connectivity index (χ3v) is 6.04. The van der Waals surface area contributed by atoms with Gasteiger partial charge in [-0.1, -0.05) is 11.8 Å². The molecule has 4 rings (SSSR count). The average molecular weight is 358 g/mol. The van der Waals surface area contributed by atoms with Crippen molar-refractivity contribution in [3.63, 3.8) is 0 Å². The smallest absolute Gasteiger partial charge is 0.259 e. The number of thiophene rings is 1. The summed E-state index contributed by atoms with van der Waals surface area (Å²) in [5.74, 6) is 1.18. The summed E-state index contributed by atoms with van der Waals surface area (Å²) in [5.41, 5.74) is 1.72. The first-order valence-corrected chi connectivity index (χ1v) is 9.09. The topological polar surface area (TPSA) is 89.3 Å². The highest BCUT2D eigenvalue weighted by molar-refractivity contribution is 7.98. The van der Waals surface area contributed by atoms with Crippen molar-refractivity contribution in [2.75, 3.05) is 0 Å². The van der Waals surface area contributed by atoms with Crippen LogP contribution < -0.4 is 5.56 Å². The Hall–Kier alpha value is -2.26. The van der Waals surface area contributed by atoms with E-state index in [1.54, 1.807) is 22.2 Å². The highest BCUT2D eigenvalue weighted by Gasteiger charge is 2.13. The minimum Gasteiger partial charge on any atom is -0.309 e. The molecule has 0 radical (unpaired) electrons. The van der Waals surface area contributed by atoms with Gasteiger partial charge in [-0.05, 0) is 19.4 Å². The Labute approximate surface area is 145 Å². The molecule has 9 heteroatoms. The highest BCUT2D eigenvalue weighted by Crippen LogP contribution is 2.28. The van der Waals surface area contributed by atoms with E-state index in [2.05, 4.69) is 25.0 Å². The summed E-state index contributed by atoms with van der Waals surface area (Å²) in [4.78, 5) is 30.3. The molecular weight excluding hydrogens is 344 g/mol. The summed E-state index contributed by atoms with van der Waals surface area (Å²) < 4.78 is 1.71. The van der Waals surface area contributed by atoms with Crippen LogP contribution >= 0.6 is 23.1 Å². The van der Waals surface area contributed by atoms with Gasteiger partial charge in [-0.3, -0.25) is 9.48 Å². The molecule has 0 saturated heterocycles. The zero-order valence-corrected chi connectivity index (χ0v) is 15.0. The van der Waals surface area contributed by atoms with Crippen LogP contribution in [0.4, 0.5) is 0 Å². The van der Waals surface area contributed by atoms with Crippen molar-refractivity contribution in [1.29, 1.82) is 0 Å². The minimum atomic E-state index is -0.0772. The predicted molar refractivity (Wildman–Crippen MR) is 95.6 cm³/mol. The fourth-order valence-electron chi connectivity index (χ4n) is 2.56. The van der Waals surface area contributed by atoms with Crippen molar-refractivity contribution in [2.45, 2.75) is 24.6 Å². The molecule has 0 aromatic carbocycles. The minimum absolute atomic E-state index is 0.0772. The molecule has 0 saturated carbocycles. The molecule has 0 amide bonds. The second-order valence-corrected chi connectivity index (χ2v) is 7.62. The number of aromatic nitrogens is 6. The van der Waals surface area contributed by atoms with Gasteiger partial charge in [-0.2, -0.15) is 5.10 Å². The normalized spacial score (nSPS) is 11.6. The molecule has 7 nitrogen and oxygen atoms in total. The zero-order chi connectivity index (χ0) is 16.8. The van der Waals surface area contributed by atoms with Gasteiger partial charge in [0, 0.05) is 11.9 Å². The molecule has 1 N–H and O–H groups in total. The number of H-pyrrole nitrogens is 1. The van der Waals surface area contributed by atoms with Gasteiger partial charge in [-0.25, -0.2) is 15.0 Å². The van der Waals surface area contributed by atoms with Crippen LogP contribution in [0.15, 0.2) is 22.3 Å². The lowest BCUT2D eigenvalue weighted by Crippen LogP contribution is -2.10. The molecule has 0 unspecified atom stereocenters. The molecule has 0 atom stereocenters. The molecule has 0 aliphatic rings. The fourth-order valence-corrected chi connectivity index (χ4v) is 4.44. The van der Waals surface area contributed by atoms with Gasteiger partial charge in [0.15, 0.2) is 5.65 Å². The standard InChI is InChI=1S/C15H14N6OS2/c1-7-8(2)24-15-11(7)13(22)19-10(20-15)5-23-14-9-4-18-21(3)12(9)16-6-17-14/h4,6H,5H2,1-3H3,(H,19,20,22). The number of nitrogens with one attached hydrogen (secondary N) is 1. The monoisotopic (exact) mass is 358 g/mol. The lowest BCUT2D eigenvalue weighted by atomic mass is 10.2. The van der Waals surface area contributed by atoms with E-state index in [1.165, 1.54) is 18.1 Å². The molecule has 0 spiro atoms. The Morgan fingerprint density at radius 1 is 1.33 bits per heavy atom. The van der Waals surface area contributed by atoms with Crippen LogP contribution in [0.1, 0.15) is 16.3 Å². The fraction of sp³-hybridized carbons (Fsp3) is 0.267. The number of nitrogens with zero attached hydrogens (tertiary/aromatic N) is 5. The van der Waals surface area contributed by atoms with Crippen molar-refractivity contribution in [3.8, 4) is 0 Å². The molecule has 4 aromatic heterocycles. The first-order chi connectivity index (χ1) is 11.5. The molecule has 0 fully saturated rings. The zero-order valence-electron chi connectivity index (χ0n) is 13.3. The molecule has 0 bridgehead atoms. The molecule has 122 valence electrons. The highest BCUT2D eigenvalue weighted by atomic mass is 32.2. The van der Waals surface area contributed by atoms with Crippen molar-refractivity contribution in [1.82, 2.24) is 29.7 Å². The van der Waals surface area contributed by atoms with Gasteiger partial charge in [0.05, 0.1) is 22.7 Å². The van der Waals surface area contributed by atoms with Gasteiger partial charge in [0.2, 0.25) is 0 Å². The Kier molecular flexibility index (Phi) is 3.61. The van der Waals surface area contributed by atoms with E-state index in [-0.39, 0.29) is 5.56 Å². The summed E-state index contributed by atoms with van der Waals surface area (Å²) in [6, 6.07) is 0. The van der Waals surface area contributed by atoms with Crippen LogP contribution in [-0.2, 0) is 12.8 Å². The van der Waals surface area contributed by atoms with Gasteiger partial charge in [0.25, 0.3) is 5.56 Å². The Morgan fingerprint density at radius 2 is 2.17 bits per heavy atom. The first kappa shape index (κ1) is 15.3. The molecule has 4 aromatic rings. The summed E-state index contributed by atoms with van der Waals surface area (Å²) in [7, 11) is 1.85. The summed E-state index contributed by atoms with van der Waals surface area (Å²) in [6.07, 6.45) is 3.28. The van der Waals surface area contributed by atoms with E-state index >= 15 is 0 Å². The lowest BCUT2D eigenvalue weighted by Gasteiger charge is -2.02. The first-order valence-electron chi connectivity index (χ1n) is 7.29.